The molecule has 44 heavy (non-hydrogen) atoms. The zero-order chi connectivity index (χ0) is 32.4. The first-order chi connectivity index (χ1) is 21.5. The van der Waals surface area contributed by atoms with Crippen molar-refractivity contribution in [2.45, 2.75) is 200 Å². The Kier molecular flexibility index (Phi) is 33.7. The highest BCUT2D eigenvalue weighted by Crippen LogP contribution is 2.17. The third-order valence-corrected chi connectivity index (χ3v) is 8.92. The van der Waals surface area contributed by atoms with E-state index in [2.05, 4.69) is 43.1 Å². The van der Waals surface area contributed by atoms with E-state index in [0.717, 1.165) is 25.7 Å². The maximum Gasteiger partial charge on any atom is 0.137 e. The minimum absolute atomic E-state index is 0.127. The zero-order valence-electron chi connectivity index (χ0n) is 30.4. The molecule has 0 N–H and O–H groups in total. The van der Waals surface area contributed by atoms with Crippen molar-refractivity contribution >= 4 is 11.6 Å². The van der Waals surface area contributed by atoms with E-state index in [-0.39, 0.29) is 11.7 Å². The Morgan fingerprint density at radius 1 is 0.477 bits per heavy atom. The van der Waals surface area contributed by atoms with Gasteiger partial charge in [-0.2, -0.15) is 0 Å². The summed E-state index contributed by atoms with van der Waals surface area (Å²) in [6.45, 7) is 5.24. The molecule has 0 aromatic carbocycles. The van der Waals surface area contributed by atoms with Crippen molar-refractivity contribution in [1.82, 2.24) is 4.90 Å². The van der Waals surface area contributed by atoms with Crippen LogP contribution < -0.4 is 0 Å². The number of ketones is 2. The third kappa shape index (κ3) is 32.2. The summed E-state index contributed by atoms with van der Waals surface area (Å²) in [5.74, 6) is 0.457. The predicted octanol–water partition coefficient (Wildman–Crippen LogP) is 12.8. The lowest BCUT2D eigenvalue weighted by molar-refractivity contribution is -0.128. The Bertz CT molecular complexity index is 680. The molecule has 0 fully saturated rings. The van der Waals surface area contributed by atoms with Crippen LogP contribution >= 0.6 is 0 Å². The number of rotatable bonds is 35. The van der Waals surface area contributed by atoms with Crippen LogP contribution in [0.1, 0.15) is 200 Å². The van der Waals surface area contributed by atoms with Crippen LogP contribution in [0.15, 0.2) is 24.3 Å². The van der Waals surface area contributed by atoms with E-state index in [1.807, 2.05) is 14.1 Å². The van der Waals surface area contributed by atoms with Crippen LogP contribution in [-0.4, -0.2) is 37.1 Å². The van der Waals surface area contributed by atoms with Crippen molar-refractivity contribution < 1.29 is 9.59 Å². The number of unbranched alkanes of at least 4 members (excludes halogenated alkanes) is 22. The van der Waals surface area contributed by atoms with Crippen molar-refractivity contribution in [2.75, 3.05) is 20.6 Å². The van der Waals surface area contributed by atoms with Crippen LogP contribution in [-0.2, 0) is 9.59 Å². The average Bonchev–Trinajstić information content (AvgIpc) is 3.00. The van der Waals surface area contributed by atoms with E-state index in [0.29, 0.717) is 31.6 Å². The molecule has 0 spiro atoms. The fraction of sp³-hybridized carbons (Fsp3) is 0.854. The van der Waals surface area contributed by atoms with Crippen LogP contribution in [0.5, 0.6) is 0 Å². The Morgan fingerprint density at radius 2 is 0.818 bits per heavy atom. The van der Waals surface area contributed by atoms with Gasteiger partial charge in [-0.15, -0.1) is 0 Å². The third-order valence-electron chi connectivity index (χ3n) is 8.92. The first kappa shape index (κ1) is 42.8. The number of carbonyl (C=O) groups is 2. The van der Waals surface area contributed by atoms with Gasteiger partial charge < -0.3 is 4.90 Å². The Labute approximate surface area is 276 Å². The van der Waals surface area contributed by atoms with Gasteiger partial charge >= 0.3 is 0 Å². The van der Waals surface area contributed by atoms with E-state index in [1.165, 1.54) is 141 Å². The average molecular weight is 616 g/mol. The van der Waals surface area contributed by atoms with Gasteiger partial charge in [-0.3, -0.25) is 9.59 Å². The number of nitrogens with zero attached hydrogens (tertiary/aromatic N) is 1. The Balaban J connectivity index is 3.83. The van der Waals surface area contributed by atoms with Gasteiger partial charge in [0.05, 0.1) is 0 Å². The number of carbonyl (C=O) groups excluding carboxylic acids is 2. The molecule has 0 aromatic rings. The molecule has 0 saturated carbocycles. The van der Waals surface area contributed by atoms with Crippen molar-refractivity contribution in [3.63, 3.8) is 0 Å². The van der Waals surface area contributed by atoms with E-state index < -0.39 is 0 Å². The Morgan fingerprint density at radius 3 is 1.20 bits per heavy atom. The van der Waals surface area contributed by atoms with Crippen molar-refractivity contribution in [3.8, 4) is 0 Å². The SMILES string of the molecule is CCCCCCCC/C=C\CCCCCCCC(=O)CC(CN(C)C)C(=O)CCCCCCC/C=C\CCCCCCCC. The monoisotopic (exact) mass is 616 g/mol. The fourth-order valence-corrected chi connectivity index (χ4v) is 6.06. The molecule has 1 unspecified atom stereocenters. The van der Waals surface area contributed by atoms with Gasteiger partial charge in [0, 0.05) is 31.7 Å². The highest BCUT2D eigenvalue weighted by Gasteiger charge is 2.21. The molecule has 3 nitrogen and oxygen atoms in total. The summed E-state index contributed by atoms with van der Waals surface area (Å²) >= 11 is 0. The summed E-state index contributed by atoms with van der Waals surface area (Å²) in [5.41, 5.74) is 0. The van der Waals surface area contributed by atoms with Gasteiger partial charge in [-0.25, -0.2) is 0 Å². The number of allylic oxidation sites excluding steroid dienone is 4. The minimum atomic E-state index is -0.127. The molecule has 0 aliphatic carbocycles. The molecule has 0 saturated heterocycles. The summed E-state index contributed by atoms with van der Waals surface area (Å²) in [5, 5.41) is 0. The summed E-state index contributed by atoms with van der Waals surface area (Å²) in [6.07, 6.45) is 44.2. The van der Waals surface area contributed by atoms with E-state index in [4.69, 9.17) is 0 Å². The summed E-state index contributed by atoms with van der Waals surface area (Å²) in [6, 6.07) is 0. The van der Waals surface area contributed by atoms with Gasteiger partial charge in [0.15, 0.2) is 0 Å². The molecule has 0 amide bonds. The summed E-state index contributed by atoms with van der Waals surface area (Å²) in [7, 11) is 4.02. The smallest absolute Gasteiger partial charge is 0.137 e. The van der Waals surface area contributed by atoms with E-state index in [9.17, 15) is 9.59 Å². The number of Topliss-reactive ketones (excluding diaryl/α,β-unsaturated/α-hetero) is 2. The van der Waals surface area contributed by atoms with Crippen LogP contribution in [0, 0.1) is 5.92 Å². The quantitative estimate of drug-likeness (QED) is 0.0526. The molecule has 3 heteroatoms. The molecule has 0 rings (SSSR count). The molecule has 258 valence electrons. The molecular formula is C41H77NO2. The standard InChI is InChI=1S/C41H77NO2/c1-5-7-9-11-13-15-17-19-21-23-25-27-29-31-33-35-40(43)37-39(38-42(3)4)41(44)36-34-32-30-28-26-24-22-20-18-16-14-12-10-8-6-2/h19-22,39H,5-18,23-38H2,1-4H3/b21-19-,22-20-. The number of hydrogen-bond donors (Lipinski definition) is 0. The first-order valence-electron chi connectivity index (χ1n) is 19.5. The van der Waals surface area contributed by atoms with Crippen molar-refractivity contribution in [3.05, 3.63) is 24.3 Å². The second-order valence-electron chi connectivity index (χ2n) is 13.8. The Hall–Kier alpha value is -1.22. The van der Waals surface area contributed by atoms with E-state index >= 15 is 0 Å². The second-order valence-corrected chi connectivity index (χ2v) is 13.8. The van der Waals surface area contributed by atoms with Crippen LogP contribution in [0.25, 0.3) is 0 Å². The first-order valence-corrected chi connectivity index (χ1v) is 19.5. The second kappa shape index (κ2) is 34.6. The molecule has 0 bridgehead atoms. The van der Waals surface area contributed by atoms with Crippen molar-refractivity contribution in [1.29, 1.82) is 0 Å². The summed E-state index contributed by atoms with van der Waals surface area (Å²) < 4.78 is 0. The largest absolute Gasteiger partial charge is 0.309 e. The molecule has 1 atom stereocenters. The molecule has 0 heterocycles. The highest BCUT2D eigenvalue weighted by molar-refractivity contribution is 5.88. The van der Waals surface area contributed by atoms with Crippen LogP contribution in [0.4, 0.5) is 0 Å². The summed E-state index contributed by atoms with van der Waals surface area (Å²) in [4.78, 5) is 27.7. The maximum atomic E-state index is 13.0. The highest BCUT2D eigenvalue weighted by atomic mass is 16.1. The van der Waals surface area contributed by atoms with Gasteiger partial charge in [-0.1, -0.05) is 141 Å². The lowest BCUT2D eigenvalue weighted by atomic mass is 9.91. The van der Waals surface area contributed by atoms with Crippen LogP contribution in [0.2, 0.25) is 0 Å². The topological polar surface area (TPSA) is 37.4 Å². The number of hydrogen-bond acceptors (Lipinski definition) is 3. The normalized spacial score (nSPS) is 12.7. The van der Waals surface area contributed by atoms with E-state index in [1.54, 1.807) is 0 Å². The molecule has 0 aliphatic rings. The fourth-order valence-electron chi connectivity index (χ4n) is 6.06. The minimum Gasteiger partial charge on any atom is -0.309 e. The van der Waals surface area contributed by atoms with Gasteiger partial charge in [0.25, 0.3) is 0 Å². The molecule has 0 radical (unpaired) electrons. The lowest BCUT2D eigenvalue weighted by Crippen LogP contribution is -2.29. The maximum absolute atomic E-state index is 13.0. The lowest BCUT2D eigenvalue weighted by Gasteiger charge is -2.19. The molecular weight excluding hydrogens is 538 g/mol. The van der Waals surface area contributed by atoms with Crippen LogP contribution in [0.3, 0.4) is 0 Å². The molecule has 0 aromatic heterocycles. The van der Waals surface area contributed by atoms with Gasteiger partial charge in [-0.05, 0) is 78.3 Å². The molecule has 0 aliphatic heterocycles. The van der Waals surface area contributed by atoms with Gasteiger partial charge in [0.2, 0.25) is 0 Å². The van der Waals surface area contributed by atoms with Gasteiger partial charge in [0.1, 0.15) is 11.6 Å². The van der Waals surface area contributed by atoms with Crippen molar-refractivity contribution in [2.24, 2.45) is 5.92 Å². The predicted molar refractivity (Wildman–Crippen MR) is 196 cm³/mol. The zero-order valence-corrected chi connectivity index (χ0v) is 30.4.